The number of carbonyl (C=O) groups is 4. The van der Waals surface area contributed by atoms with Crippen LogP contribution in [0.2, 0.25) is 0 Å². The van der Waals surface area contributed by atoms with Crippen LogP contribution >= 0.6 is 0 Å². The van der Waals surface area contributed by atoms with E-state index >= 15 is 0 Å². The number of rotatable bonds is 4. The van der Waals surface area contributed by atoms with Crippen molar-refractivity contribution in [2.45, 2.75) is 51.5 Å². The van der Waals surface area contributed by atoms with Crippen molar-refractivity contribution in [1.29, 1.82) is 0 Å². The van der Waals surface area contributed by atoms with Gasteiger partial charge in [-0.2, -0.15) is 0 Å². The van der Waals surface area contributed by atoms with Crippen LogP contribution < -0.4 is 0 Å². The highest BCUT2D eigenvalue weighted by atomic mass is 16.7. The fourth-order valence-electron chi connectivity index (χ4n) is 1.99. The van der Waals surface area contributed by atoms with E-state index in [2.05, 4.69) is 0 Å². The second-order valence-electron chi connectivity index (χ2n) is 4.51. The summed E-state index contributed by atoms with van der Waals surface area (Å²) in [6, 6.07) is 0. The Morgan fingerprint density at radius 1 is 0.818 bits per heavy atom. The standard InChI is InChI=1S/C12H16O10/c1-4(13)19-7-8(20-5(2)14)10(21-6(3)15)12(18)22-9(7)11(16)17/h7-10,12,18H,1-3H3,(H,16,17)/t7-,8-,9-,10+,12?/m0/s1. The summed E-state index contributed by atoms with van der Waals surface area (Å²) < 4.78 is 19.3. The molecule has 124 valence electrons. The van der Waals surface area contributed by atoms with Gasteiger partial charge in [-0.15, -0.1) is 0 Å². The predicted molar refractivity (Wildman–Crippen MR) is 65.2 cm³/mol. The number of aliphatic hydroxyl groups is 1. The van der Waals surface area contributed by atoms with Gasteiger partial charge in [0.05, 0.1) is 0 Å². The van der Waals surface area contributed by atoms with Crippen LogP contribution in [0.25, 0.3) is 0 Å². The molecule has 0 amide bonds. The summed E-state index contributed by atoms with van der Waals surface area (Å²) in [4.78, 5) is 44.6. The normalized spacial score (nSPS) is 31.0. The molecule has 10 nitrogen and oxygen atoms in total. The summed E-state index contributed by atoms with van der Waals surface area (Å²) >= 11 is 0. The summed E-state index contributed by atoms with van der Waals surface area (Å²) in [5, 5.41) is 18.9. The maximum Gasteiger partial charge on any atom is 0.337 e. The Balaban J connectivity index is 3.18. The Morgan fingerprint density at radius 3 is 1.64 bits per heavy atom. The molecular weight excluding hydrogens is 304 g/mol. The minimum Gasteiger partial charge on any atom is -0.479 e. The summed E-state index contributed by atoms with van der Waals surface area (Å²) in [7, 11) is 0. The lowest BCUT2D eigenvalue weighted by molar-refractivity contribution is -0.289. The maximum atomic E-state index is 11.2. The van der Waals surface area contributed by atoms with Gasteiger partial charge in [-0.3, -0.25) is 14.4 Å². The highest BCUT2D eigenvalue weighted by Crippen LogP contribution is 2.27. The quantitative estimate of drug-likeness (QED) is 0.467. The van der Waals surface area contributed by atoms with E-state index in [0.29, 0.717) is 0 Å². The van der Waals surface area contributed by atoms with Crippen molar-refractivity contribution >= 4 is 23.9 Å². The molecule has 1 fully saturated rings. The molecule has 1 aliphatic rings. The monoisotopic (exact) mass is 320 g/mol. The van der Waals surface area contributed by atoms with E-state index in [-0.39, 0.29) is 0 Å². The van der Waals surface area contributed by atoms with Crippen molar-refractivity contribution in [1.82, 2.24) is 0 Å². The van der Waals surface area contributed by atoms with Crippen LogP contribution in [-0.4, -0.2) is 64.8 Å². The first-order valence-corrected chi connectivity index (χ1v) is 6.21. The van der Waals surface area contributed by atoms with Gasteiger partial charge in [0.1, 0.15) is 0 Å². The molecule has 2 N–H and O–H groups in total. The lowest BCUT2D eigenvalue weighted by Crippen LogP contribution is -2.63. The van der Waals surface area contributed by atoms with Crippen molar-refractivity contribution in [2.24, 2.45) is 0 Å². The van der Waals surface area contributed by atoms with Gasteiger partial charge in [-0.25, -0.2) is 4.79 Å². The number of aliphatic hydroxyl groups excluding tert-OH is 1. The first kappa shape index (κ1) is 17.9. The fraction of sp³-hybridized carbons (Fsp3) is 0.667. The van der Waals surface area contributed by atoms with Crippen molar-refractivity contribution in [3.05, 3.63) is 0 Å². The number of esters is 3. The number of aliphatic carboxylic acids is 1. The smallest absolute Gasteiger partial charge is 0.337 e. The van der Waals surface area contributed by atoms with Gasteiger partial charge in [-0.1, -0.05) is 0 Å². The van der Waals surface area contributed by atoms with E-state index in [4.69, 9.17) is 24.1 Å². The number of carboxylic acid groups (broad SMARTS) is 1. The highest BCUT2D eigenvalue weighted by molar-refractivity contribution is 5.75. The van der Waals surface area contributed by atoms with Gasteiger partial charge in [0.25, 0.3) is 0 Å². The number of ether oxygens (including phenoxy) is 4. The molecule has 0 saturated carbocycles. The Morgan fingerprint density at radius 2 is 1.23 bits per heavy atom. The van der Waals surface area contributed by atoms with Crippen molar-refractivity contribution < 1.29 is 48.3 Å². The van der Waals surface area contributed by atoms with Crippen LogP contribution in [0.15, 0.2) is 0 Å². The molecule has 0 bridgehead atoms. The molecule has 1 aliphatic heterocycles. The molecule has 0 aliphatic carbocycles. The van der Waals surface area contributed by atoms with E-state index < -0.39 is 54.6 Å². The first-order valence-electron chi connectivity index (χ1n) is 6.21. The van der Waals surface area contributed by atoms with Crippen LogP contribution in [0.1, 0.15) is 20.8 Å². The van der Waals surface area contributed by atoms with E-state index in [0.717, 1.165) is 20.8 Å². The molecular formula is C12H16O10. The molecule has 1 rings (SSSR count). The van der Waals surface area contributed by atoms with E-state index in [1.165, 1.54) is 0 Å². The van der Waals surface area contributed by atoms with Crippen LogP contribution in [-0.2, 0) is 38.1 Å². The Kier molecular flexibility index (Phi) is 5.83. The third kappa shape index (κ3) is 4.40. The van der Waals surface area contributed by atoms with Crippen molar-refractivity contribution in [3.63, 3.8) is 0 Å². The van der Waals surface area contributed by atoms with Gasteiger partial charge in [-0.05, 0) is 0 Å². The fourth-order valence-corrected chi connectivity index (χ4v) is 1.99. The van der Waals surface area contributed by atoms with Crippen LogP contribution in [0.3, 0.4) is 0 Å². The predicted octanol–water partition coefficient (Wildman–Crippen LogP) is -1.42. The minimum atomic E-state index is -1.87. The topological polar surface area (TPSA) is 146 Å². The number of carbonyl (C=O) groups excluding carboxylic acids is 3. The third-order valence-electron chi connectivity index (χ3n) is 2.66. The van der Waals surface area contributed by atoms with Crippen LogP contribution in [0.4, 0.5) is 0 Å². The number of carboxylic acids is 1. The molecule has 0 spiro atoms. The largest absolute Gasteiger partial charge is 0.479 e. The molecule has 1 saturated heterocycles. The van der Waals surface area contributed by atoms with Crippen LogP contribution in [0.5, 0.6) is 0 Å². The lowest BCUT2D eigenvalue weighted by Gasteiger charge is -2.41. The van der Waals surface area contributed by atoms with E-state index in [9.17, 15) is 24.3 Å². The molecule has 22 heavy (non-hydrogen) atoms. The van der Waals surface area contributed by atoms with E-state index in [1.807, 2.05) is 0 Å². The molecule has 0 aromatic heterocycles. The zero-order valence-corrected chi connectivity index (χ0v) is 12.0. The number of hydrogen-bond donors (Lipinski definition) is 2. The minimum absolute atomic E-state index is 0.833. The Labute approximate surface area is 124 Å². The van der Waals surface area contributed by atoms with Gasteiger partial charge >= 0.3 is 23.9 Å². The average molecular weight is 320 g/mol. The molecule has 10 heteroatoms. The molecule has 0 radical (unpaired) electrons. The first-order chi connectivity index (χ1) is 10.1. The molecule has 0 aromatic carbocycles. The Bertz CT molecular complexity index is 473. The summed E-state index contributed by atoms with van der Waals surface area (Å²) in [5.74, 6) is -4.10. The maximum absolute atomic E-state index is 11.2. The van der Waals surface area contributed by atoms with Crippen molar-refractivity contribution in [2.75, 3.05) is 0 Å². The zero-order chi connectivity index (χ0) is 17.0. The molecule has 5 atom stereocenters. The van der Waals surface area contributed by atoms with Crippen LogP contribution in [0, 0.1) is 0 Å². The summed E-state index contributed by atoms with van der Waals surface area (Å²) in [6.07, 6.45) is -8.33. The Hall–Kier alpha value is -2.20. The van der Waals surface area contributed by atoms with Crippen molar-refractivity contribution in [3.8, 4) is 0 Å². The van der Waals surface area contributed by atoms with E-state index in [1.54, 1.807) is 0 Å². The molecule has 0 aromatic rings. The van der Waals surface area contributed by atoms with Gasteiger partial charge in [0.15, 0.2) is 30.7 Å². The number of hydrogen-bond acceptors (Lipinski definition) is 9. The average Bonchev–Trinajstić information content (AvgIpc) is 2.34. The molecule has 1 heterocycles. The molecule has 1 unspecified atom stereocenters. The second kappa shape index (κ2) is 7.18. The summed E-state index contributed by atoms with van der Waals surface area (Å²) in [5.41, 5.74) is 0. The highest BCUT2D eigenvalue weighted by Gasteiger charge is 2.53. The van der Waals surface area contributed by atoms with Gasteiger partial charge < -0.3 is 29.2 Å². The van der Waals surface area contributed by atoms with Gasteiger partial charge in [0.2, 0.25) is 0 Å². The summed E-state index contributed by atoms with van der Waals surface area (Å²) in [6.45, 7) is 3.06. The zero-order valence-electron chi connectivity index (χ0n) is 12.0. The second-order valence-corrected chi connectivity index (χ2v) is 4.51. The third-order valence-corrected chi connectivity index (χ3v) is 2.66. The lowest BCUT2D eigenvalue weighted by atomic mass is 9.98. The van der Waals surface area contributed by atoms with Gasteiger partial charge in [0, 0.05) is 20.8 Å². The SMILES string of the molecule is CC(=O)O[C@H]1[C@H](OC(C)=O)[C@@H](OC(C)=O)C(O)O[C@@H]1C(=O)O.